The number of morpholine rings is 1. The zero-order valence-corrected chi connectivity index (χ0v) is 31.0. The average molecular weight is 756 g/mol. The molecule has 1 spiro atoms. The number of aliphatic hydroxyl groups is 2. The van der Waals surface area contributed by atoms with Gasteiger partial charge in [-0.05, 0) is 79.1 Å². The highest BCUT2D eigenvalue weighted by atomic mass is 32.2. The highest BCUT2D eigenvalue weighted by Gasteiger charge is 2.54. The Morgan fingerprint density at radius 1 is 0.865 bits per heavy atom. The number of rotatable bonds is 14. The third-order valence-electron chi connectivity index (χ3n) is 11.0. The molecule has 4 fully saturated rings. The van der Waals surface area contributed by atoms with Crippen LogP contribution in [0.5, 0.6) is 5.75 Å². The minimum atomic E-state index is -3.69. The topological polar surface area (TPSA) is 155 Å². The van der Waals surface area contributed by atoms with E-state index in [1.165, 1.54) is 17.7 Å². The smallest absolute Gasteiger partial charge is 0.243 e. The van der Waals surface area contributed by atoms with E-state index in [2.05, 4.69) is 34.5 Å². The predicted molar refractivity (Wildman–Crippen MR) is 195 cm³/mol. The molecule has 0 unspecified atom stereocenters. The van der Waals surface area contributed by atoms with E-state index in [0.717, 1.165) is 44.0 Å². The zero-order valence-electron chi connectivity index (χ0n) is 29.4. The molecule has 0 bridgehead atoms. The fraction of sp³-hybridized carbons (Fsp3) is 0.526. The average Bonchev–Trinajstić information content (AvgIpc) is 3.90. The highest BCUT2D eigenvalue weighted by Crippen LogP contribution is 2.46. The summed E-state index contributed by atoms with van der Waals surface area (Å²) in [5.41, 5.74) is 2.63. The molecule has 3 aromatic carbocycles. The molecule has 1 aliphatic carbocycles. The van der Waals surface area contributed by atoms with E-state index in [4.69, 9.17) is 14.2 Å². The van der Waals surface area contributed by atoms with E-state index in [0.29, 0.717) is 57.6 Å². The second-order valence-corrected chi connectivity index (χ2v) is 18.9. The maximum absolute atomic E-state index is 13.8. The standard InChI is InChI=1S/C38H49N3O9S2/c42-28-38(11-12-38)51(44,45)35-5-2-4-34(22-35)49-27-33(43)24-39-32-23-37(50-26-32)13-15-41(16-14-37)52(46,47)36-6-1-3-31(21-36)30-9-7-29(8-10-30)25-40-17-19-48-20-18-40/h1-10,21-22,32-33,39,42-43H,11-20,23-28H2/t32-,33+/m1/s1. The van der Waals surface area contributed by atoms with Crippen LogP contribution in [0, 0.1) is 0 Å². The van der Waals surface area contributed by atoms with Gasteiger partial charge in [0, 0.05) is 45.3 Å². The van der Waals surface area contributed by atoms with E-state index >= 15 is 0 Å². The quantitative estimate of drug-likeness (QED) is 0.223. The lowest BCUT2D eigenvalue weighted by Gasteiger charge is -2.38. The molecule has 3 heterocycles. The van der Waals surface area contributed by atoms with Gasteiger partial charge in [-0.15, -0.1) is 0 Å². The van der Waals surface area contributed by atoms with Gasteiger partial charge in [0.05, 0.1) is 46.6 Å². The molecule has 12 nitrogen and oxygen atoms in total. The molecule has 0 aromatic heterocycles. The molecule has 7 rings (SSSR count). The summed E-state index contributed by atoms with van der Waals surface area (Å²) < 4.78 is 71.3. The van der Waals surface area contributed by atoms with Crippen LogP contribution in [0.3, 0.4) is 0 Å². The van der Waals surface area contributed by atoms with Crippen LogP contribution in [0.25, 0.3) is 11.1 Å². The molecule has 282 valence electrons. The molecule has 14 heteroatoms. The summed E-state index contributed by atoms with van der Waals surface area (Å²) in [6, 6.07) is 21.7. The van der Waals surface area contributed by atoms with Crippen LogP contribution >= 0.6 is 0 Å². The van der Waals surface area contributed by atoms with Gasteiger partial charge in [0.25, 0.3) is 0 Å². The van der Waals surface area contributed by atoms with Crippen molar-refractivity contribution in [1.82, 2.24) is 14.5 Å². The van der Waals surface area contributed by atoms with Crippen LogP contribution in [0.2, 0.25) is 0 Å². The Hall–Kier alpha value is -2.92. The van der Waals surface area contributed by atoms with Crippen LogP contribution in [0.1, 0.15) is 37.7 Å². The first kappa shape index (κ1) is 37.4. The fourth-order valence-electron chi connectivity index (χ4n) is 7.45. The minimum absolute atomic E-state index is 0.00331. The van der Waals surface area contributed by atoms with E-state index in [9.17, 15) is 27.0 Å². The molecule has 3 aromatic rings. The molecular weight excluding hydrogens is 707 g/mol. The van der Waals surface area contributed by atoms with Gasteiger partial charge in [-0.25, -0.2) is 16.8 Å². The first-order valence-electron chi connectivity index (χ1n) is 18.1. The number of sulfone groups is 1. The second kappa shape index (κ2) is 15.4. The molecule has 3 N–H and O–H groups in total. The van der Waals surface area contributed by atoms with Crippen molar-refractivity contribution in [2.24, 2.45) is 0 Å². The lowest BCUT2D eigenvalue weighted by atomic mass is 9.88. The number of benzene rings is 3. The van der Waals surface area contributed by atoms with Crippen LogP contribution in [0.4, 0.5) is 0 Å². The molecular formula is C38H49N3O9S2. The Morgan fingerprint density at radius 3 is 2.29 bits per heavy atom. The van der Waals surface area contributed by atoms with Crippen LogP contribution in [0.15, 0.2) is 82.6 Å². The normalized spacial score (nSPS) is 22.7. The van der Waals surface area contributed by atoms with Crippen molar-refractivity contribution in [3.8, 4) is 16.9 Å². The number of hydrogen-bond donors (Lipinski definition) is 3. The number of piperidine rings is 1. The van der Waals surface area contributed by atoms with Crippen molar-refractivity contribution in [1.29, 1.82) is 0 Å². The van der Waals surface area contributed by atoms with Crippen molar-refractivity contribution in [3.63, 3.8) is 0 Å². The number of hydrogen-bond acceptors (Lipinski definition) is 11. The van der Waals surface area contributed by atoms with E-state index in [1.807, 2.05) is 6.07 Å². The first-order chi connectivity index (χ1) is 25.0. The molecule has 4 aliphatic rings. The lowest BCUT2D eigenvalue weighted by molar-refractivity contribution is -0.0312. The van der Waals surface area contributed by atoms with Gasteiger partial charge >= 0.3 is 0 Å². The lowest BCUT2D eigenvalue weighted by Crippen LogP contribution is -2.47. The second-order valence-electron chi connectivity index (χ2n) is 14.6. The van der Waals surface area contributed by atoms with Gasteiger partial charge in [-0.1, -0.05) is 42.5 Å². The van der Waals surface area contributed by atoms with Crippen molar-refractivity contribution in [2.75, 3.05) is 65.8 Å². The largest absolute Gasteiger partial charge is 0.491 e. The third kappa shape index (κ3) is 8.10. The molecule has 1 saturated carbocycles. The summed E-state index contributed by atoms with van der Waals surface area (Å²) >= 11 is 0. The van der Waals surface area contributed by atoms with Gasteiger partial charge in [0.15, 0.2) is 9.84 Å². The van der Waals surface area contributed by atoms with Gasteiger partial charge < -0.3 is 29.7 Å². The maximum atomic E-state index is 13.8. The van der Waals surface area contributed by atoms with Crippen molar-refractivity contribution in [3.05, 3.63) is 78.4 Å². The van der Waals surface area contributed by atoms with Gasteiger partial charge in [0.1, 0.15) is 18.5 Å². The maximum Gasteiger partial charge on any atom is 0.243 e. The van der Waals surface area contributed by atoms with Crippen LogP contribution in [-0.4, -0.2) is 125 Å². The van der Waals surface area contributed by atoms with E-state index in [1.54, 1.807) is 34.6 Å². The SMILES string of the molecule is O=S(=O)(c1cccc(-c2ccc(CN3CCOCC3)cc2)c1)N1CCC2(CC1)C[C@@H](NC[C@H](O)COc1cccc(S(=O)(=O)C3(CO)CC3)c1)CO2. The summed E-state index contributed by atoms with van der Waals surface area (Å²) in [6.07, 6.45) is 1.89. The Bertz CT molecular complexity index is 1910. The molecule has 3 saturated heterocycles. The van der Waals surface area contributed by atoms with Gasteiger partial charge in [-0.3, -0.25) is 4.90 Å². The Labute approximate surface area is 306 Å². The summed E-state index contributed by atoms with van der Waals surface area (Å²) in [7, 11) is -7.37. The first-order valence-corrected chi connectivity index (χ1v) is 21.1. The number of sulfonamides is 1. The van der Waals surface area contributed by atoms with Crippen molar-refractivity contribution in [2.45, 2.75) is 70.9 Å². The van der Waals surface area contributed by atoms with Gasteiger partial charge in [-0.2, -0.15) is 4.31 Å². The summed E-state index contributed by atoms with van der Waals surface area (Å²) in [5.74, 6) is 0.333. The Kier molecular flexibility index (Phi) is 11.1. The molecule has 0 amide bonds. The highest BCUT2D eigenvalue weighted by molar-refractivity contribution is 7.93. The predicted octanol–water partition coefficient (Wildman–Crippen LogP) is 2.83. The fourth-order valence-corrected chi connectivity index (χ4v) is 10.8. The number of ether oxygens (including phenoxy) is 3. The molecule has 0 radical (unpaired) electrons. The summed E-state index contributed by atoms with van der Waals surface area (Å²) in [5, 5.41) is 23.6. The van der Waals surface area contributed by atoms with Crippen LogP contribution in [-0.2, 0) is 35.9 Å². The minimum Gasteiger partial charge on any atom is -0.491 e. The Morgan fingerprint density at radius 2 is 1.58 bits per heavy atom. The van der Waals surface area contributed by atoms with E-state index < -0.39 is 42.9 Å². The zero-order chi connectivity index (χ0) is 36.4. The molecule has 52 heavy (non-hydrogen) atoms. The number of nitrogens with zero attached hydrogens (tertiary/aromatic N) is 2. The van der Waals surface area contributed by atoms with Gasteiger partial charge in [0.2, 0.25) is 10.0 Å². The number of aliphatic hydroxyl groups excluding tert-OH is 2. The number of nitrogens with one attached hydrogen (secondary N) is 1. The molecule has 3 aliphatic heterocycles. The third-order valence-corrected chi connectivity index (χ3v) is 15.4. The molecule has 2 atom stereocenters. The monoisotopic (exact) mass is 755 g/mol. The van der Waals surface area contributed by atoms with Crippen molar-refractivity contribution < 1.29 is 41.3 Å². The summed E-state index contributed by atoms with van der Waals surface area (Å²) in [4.78, 5) is 2.76. The van der Waals surface area contributed by atoms with Crippen LogP contribution < -0.4 is 10.1 Å². The van der Waals surface area contributed by atoms with Crippen molar-refractivity contribution >= 4 is 19.9 Å². The Balaban J connectivity index is 0.873. The summed E-state index contributed by atoms with van der Waals surface area (Å²) in [6.45, 7) is 5.23. The van der Waals surface area contributed by atoms with E-state index in [-0.39, 0.29) is 29.0 Å².